The molecule has 0 radical (unpaired) electrons. The Morgan fingerprint density at radius 3 is 2.88 bits per heavy atom. The molecule has 0 saturated carbocycles. The Morgan fingerprint density at radius 1 is 1.20 bits per heavy atom. The Kier molecular flexibility index (Phi) is 3.53. The lowest BCUT2D eigenvalue weighted by Gasteiger charge is -2.06. The Hall–Kier alpha value is -3.48. The van der Waals surface area contributed by atoms with Gasteiger partial charge in [0, 0.05) is 17.5 Å². The van der Waals surface area contributed by atoms with Gasteiger partial charge in [0.15, 0.2) is 0 Å². The van der Waals surface area contributed by atoms with Crippen LogP contribution in [-0.4, -0.2) is 28.0 Å². The first-order chi connectivity index (χ1) is 12.2. The van der Waals surface area contributed by atoms with Gasteiger partial charge in [0.1, 0.15) is 16.8 Å². The number of ether oxygens (including phenoxy) is 1. The third-order valence-electron chi connectivity index (χ3n) is 3.97. The molecular formula is C18H13N3O4. The molecule has 7 nitrogen and oxygen atoms in total. The van der Waals surface area contributed by atoms with Gasteiger partial charge in [0.2, 0.25) is 0 Å². The molecule has 124 valence electrons. The number of aromatic nitrogens is 3. The van der Waals surface area contributed by atoms with Gasteiger partial charge in [-0.05, 0) is 29.8 Å². The van der Waals surface area contributed by atoms with Crippen LogP contribution in [0.4, 0.5) is 0 Å². The third kappa shape index (κ3) is 2.65. The zero-order chi connectivity index (χ0) is 17.4. The van der Waals surface area contributed by atoms with Gasteiger partial charge in [-0.25, -0.2) is 4.79 Å². The van der Waals surface area contributed by atoms with E-state index in [1.807, 2.05) is 12.1 Å². The van der Waals surface area contributed by atoms with E-state index < -0.39 is 5.63 Å². The standard InChI is InChI=1S/C18H13N3O4/c1-24-12-6-7-13-11(9-18(23)25-16(13)10-12)8-17(22)21-15-5-3-2-4-14(15)19-20-21/h2-7,9-10H,8H2,1H3. The highest BCUT2D eigenvalue weighted by atomic mass is 16.5. The summed E-state index contributed by atoms with van der Waals surface area (Å²) in [4.78, 5) is 24.5. The van der Waals surface area contributed by atoms with Crippen LogP contribution in [0.2, 0.25) is 0 Å². The van der Waals surface area contributed by atoms with E-state index in [2.05, 4.69) is 10.3 Å². The van der Waals surface area contributed by atoms with Gasteiger partial charge in [-0.2, -0.15) is 4.68 Å². The first-order valence-corrected chi connectivity index (χ1v) is 7.60. The highest BCUT2D eigenvalue weighted by molar-refractivity contribution is 5.93. The Bertz CT molecular complexity index is 1160. The summed E-state index contributed by atoms with van der Waals surface area (Å²) < 4.78 is 11.6. The summed E-state index contributed by atoms with van der Waals surface area (Å²) in [7, 11) is 1.53. The van der Waals surface area contributed by atoms with E-state index in [1.54, 1.807) is 30.3 Å². The predicted molar refractivity (Wildman–Crippen MR) is 90.9 cm³/mol. The number of hydrogen-bond acceptors (Lipinski definition) is 6. The van der Waals surface area contributed by atoms with Crippen LogP contribution in [-0.2, 0) is 6.42 Å². The molecular weight excluding hydrogens is 322 g/mol. The summed E-state index contributed by atoms with van der Waals surface area (Å²) in [6.45, 7) is 0. The first kappa shape index (κ1) is 15.1. The van der Waals surface area contributed by atoms with Crippen molar-refractivity contribution in [3.63, 3.8) is 0 Å². The molecule has 0 N–H and O–H groups in total. The molecule has 4 rings (SSSR count). The number of carbonyl (C=O) groups excluding carboxylic acids is 1. The van der Waals surface area contributed by atoms with E-state index in [-0.39, 0.29) is 12.3 Å². The molecule has 0 unspecified atom stereocenters. The van der Waals surface area contributed by atoms with Crippen LogP contribution in [0.1, 0.15) is 10.4 Å². The van der Waals surface area contributed by atoms with Crippen LogP contribution in [0.3, 0.4) is 0 Å². The fourth-order valence-corrected chi connectivity index (χ4v) is 2.77. The minimum Gasteiger partial charge on any atom is -0.497 e. The maximum atomic E-state index is 12.7. The van der Waals surface area contributed by atoms with Gasteiger partial charge in [0.25, 0.3) is 5.91 Å². The van der Waals surface area contributed by atoms with Crippen molar-refractivity contribution >= 4 is 27.9 Å². The molecule has 0 saturated heterocycles. The van der Waals surface area contributed by atoms with E-state index in [0.717, 1.165) is 0 Å². The molecule has 7 heteroatoms. The van der Waals surface area contributed by atoms with Crippen molar-refractivity contribution in [1.82, 2.24) is 15.0 Å². The zero-order valence-electron chi connectivity index (χ0n) is 13.3. The molecule has 0 amide bonds. The lowest BCUT2D eigenvalue weighted by molar-refractivity contribution is 0.0902. The van der Waals surface area contributed by atoms with Crippen LogP contribution in [0, 0.1) is 0 Å². The summed E-state index contributed by atoms with van der Waals surface area (Å²) in [5.74, 6) is 0.290. The van der Waals surface area contributed by atoms with Gasteiger partial charge >= 0.3 is 5.63 Å². The number of benzene rings is 2. The van der Waals surface area contributed by atoms with E-state index in [1.165, 1.54) is 17.9 Å². The van der Waals surface area contributed by atoms with Crippen molar-refractivity contribution in [1.29, 1.82) is 0 Å². The monoisotopic (exact) mass is 335 g/mol. The number of carbonyl (C=O) groups is 1. The van der Waals surface area contributed by atoms with Crippen molar-refractivity contribution in [2.24, 2.45) is 0 Å². The molecule has 4 aromatic rings. The number of methoxy groups -OCH3 is 1. The van der Waals surface area contributed by atoms with Crippen molar-refractivity contribution in [3.8, 4) is 5.75 Å². The number of para-hydroxylation sites is 1. The second-order valence-corrected chi connectivity index (χ2v) is 5.51. The molecule has 0 atom stereocenters. The molecule has 0 aliphatic rings. The molecule has 2 aromatic carbocycles. The minimum atomic E-state index is -0.521. The van der Waals surface area contributed by atoms with Crippen LogP contribution < -0.4 is 10.4 Å². The summed E-state index contributed by atoms with van der Waals surface area (Å²) in [5.41, 5.74) is 1.68. The topological polar surface area (TPSA) is 87.2 Å². The molecule has 0 aliphatic heterocycles. The SMILES string of the molecule is COc1ccc2c(CC(=O)n3nnc4ccccc43)cc(=O)oc2c1. The minimum absolute atomic E-state index is 0.00177. The zero-order valence-corrected chi connectivity index (χ0v) is 13.3. The van der Waals surface area contributed by atoms with E-state index in [4.69, 9.17) is 9.15 Å². The van der Waals surface area contributed by atoms with E-state index in [9.17, 15) is 9.59 Å². The van der Waals surface area contributed by atoms with Crippen LogP contribution in [0.25, 0.3) is 22.0 Å². The fraction of sp³-hybridized carbons (Fsp3) is 0.111. The summed E-state index contributed by atoms with van der Waals surface area (Å²) in [6, 6.07) is 13.7. The molecule has 25 heavy (non-hydrogen) atoms. The average molecular weight is 335 g/mol. The molecule has 0 spiro atoms. The third-order valence-corrected chi connectivity index (χ3v) is 3.97. The first-order valence-electron chi connectivity index (χ1n) is 7.60. The average Bonchev–Trinajstić information content (AvgIpc) is 3.05. The van der Waals surface area contributed by atoms with Crippen molar-refractivity contribution in [3.05, 3.63) is 64.5 Å². The van der Waals surface area contributed by atoms with Gasteiger partial charge in [0.05, 0.1) is 19.0 Å². The number of rotatable bonds is 3. The second kappa shape index (κ2) is 5.86. The quantitative estimate of drug-likeness (QED) is 0.534. The molecule has 2 aromatic heterocycles. The molecule has 0 fully saturated rings. The second-order valence-electron chi connectivity index (χ2n) is 5.51. The Labute approximate surface area is 141 Å². The van der Waals surface area contributed by atoms with Crippen LogP contribution in [0.15, 0.2) is 57.7 Å². The van der Waals surface area contributed by atoms with Crippen molar-refractivity contribution in [2.75, 3.05) is 7.11 Å². The predicted octanol–water partition coefficient (Wildman–Crippen LogP) is 2.43. The maximum absolute atomic E-state index is 12.7. The highest BCUT2D eigenvalue weighted by Gasteiger charge is 2.15. The normalized spacial score (nSPS) is 11.1. The summed E-state index contributed by atoms with van der Waals surface area (Å²) in [6.07, 6.45) is 0.00177. The molecule has 0 bridgehead atoms. The van der Waals surface area contributed by atoms with Gasteiger partial charge in [-0.15, -0.1) is 5.10 Å². The Morgan fingerprint density at radius 2 is 2.04 bits per heavy atom. The highest BCUT2D eigenvalue weighted by Crippen LogP contribution is 2.23. The smallest absolute Gasteiger partial charge is 0.336 e. The maximum Gasteiger partial charge on any atom is 0.336 e. The van der Waals surface area contributed by atoms with Crippen LogP contribution in [0.5, 0.6) is 5.75 Å². The number of hydrogen-bond donors (Lipinski definition) is 0. The van der Waals surface area contributed by atoms with Gasteiger partial charge in [-0.1, -0.05) is 17.3 Å². The largest absolute Gasteiger partial charge is 0.497 e. The lowest BCUT2D eigenvalue weighted by Crippen LogP contribution is -2.16. The van der Waals surface area contributed by atoms with E-state index >= 15 is 0 Å². The summed E-state index contributed by atoms with van der Waals surface area (Å²) >= 11 is 0. The van der Waals surface area contributed by atoms with Crippen molar-refractivity contribution in [2.45, 2.75) is 6.42 Å². The number of nitrogens with zero attached hydrogens (tertiary/aromatic N) is 3. The Balaban J connectivity index is 1.77. The lowest BCUT2D eigenvalue weighted by atomic mass is 10.1. The molecule has 2 heterocycles. The van der Waals surface area contributed by atoms with Gasteiger partial charge in [-0.3, -0.25) is 4.79 Å². The van der Waals surface area contributed by atoms with Crippen LogP contribution >= 0.6 is 0 Å². The fourth-order valence-electron chi connectivity index (χ4n) is 2.77. The van der Waals surface area contributed by atoms with Crippen molar-refractivity contribution < 1.29 is 13.9 Å². The van der Waals surface area contributed by atoms with E-state index in [0.29, 0.717) is 33.3 Å². The number of fused-ring (bicyclic) bond motifs is 2. The molecule has 0 aliphatic carbocycles. The van der Waals surface area contributed by atoms with Gasteiger partial charge < -0.3 is 9.15 Å². The summed E-state index contributed by atoms with van der Waals surface area (Å²) in [5, 5.41) is 8.57.